The Morgan fingerprint density at radius 3 is 2.43 bits per heavy atom. The van der Waals surface area contributed by atoms with Crippen molar-refractivity contribution in [3.8, 4) is 0 Å². The number of hydrogen-bond donors (Lipinski definition) is 2. The van der Waals surface area contributed by atoms with Crippen LogP contribution >= 0.6 is 0 Å². The lowest BCUT2D eigenvalue weighted by Crippen LogP contribution is -2.42. The van der Waals surface area contributed by atoms with Crippen LogP contribution in [0.1, 0.15) is 46.5 Å². The van der Waals surface area contributed by atoms with Crippen LogP contribution in [0.4, 0.5) is 0 Å². The fraction of sp³-hybridized carbons (Fsp3) is 1.00. The van der Waals surface area contributed by atoms with E-state index in [-0.39, 0.29) is 12.1 Å². The Labute approximate surface area is 87.9 Å². The summed E-state index contributed by atoms with van der Waals surface area (Å²) in [6.07, 6.45) is 4.15. The highest BCUT2D eigenvalue weighted by Crippen LogP contribution is 2.35. The molecule has 0 heterocycles. The zero-order chi connectivity index (χ0) is 10.7. The van der Waals surface area contributed by atoms with E-state index >= 15 is 0 Å². The molecular weight excluding hydrogens is 174 g/mol. The van der Waals surface area contributed by atoms with Crippen molar-refractivity contribution >= 4 is 0 Å². The normalized spacial score (nSPS) is 37.9. The van der Waals surface area contributed by atoms with E-state index in [0.29, 0.717) is 5.92 Å². The first kappa shape index (κ1) is 12.0. The molecule has 14 heavy (non-hydrogen) atoms. The number of aliphatic hydroxyl groups is 1. The lowest BCUT2D eigenvalue weighted by atomic mass is 9.72. The van der Waals surface area contributed by atoms with Gasteiger partial charge in [-0.3, -0.25) is 0 Å². The second-order valence-electron chi connectivity index (χ2n) is 5.09. The van der Waals surface area contributed by atoms with Gasteiger partial charge in [-0.2, -0.15) is 0 Å². The summed E-state index contributed by atoms with van der Waals surface area (Å²) < 4.78 is 0. The van der Waals surface area contributed by atoms with Gasteiger partial charge in [0, 0.05) is 6.04 Å². The van der Waals surface area contributed by atoms with Crippen LogP contribution in [0.25, 0.3) is 0 Å². The van der Waals surface area contributed by atoms with Crippen molar-refractivity contribution < 1.29 is 5.11 Å². The minimum atomic E-state index is -0.282. The Morgan fingerprint density at radius 1 is 1.29 bits per heavy atom. The molecule has 0 aromatic carbocycles. The summed E-state index contributed by atoms with van der Waals surface area (Å²) in [5.41, 5.74) is 5.88. The van der Waals surface area contributed by atoms with Gasteiger partial charge in [0.05, 0.1) is 6.10 Å². The van der Waals surface area contributed by atoms with Gasteiger partial charge >= 0.3 is 0 Å². The van der Waals surface area contributed by atoms with Crippen molar-refractivity contribution in [2.24, 2.45) is 23.5 Å². The molecule has 0 aliphatic heterocycles. The van der Waals surface area contributed by atoms with Crippen molar-refractivity contribution in [2.75, 3.05) is 0 Å². The topological polar surface area (TPSA) is 46.2 Å². The molecule has 5 atom stereocenters. The molecule has 0 radical (unpaired) electrons. The predicted molar refractivity (Wildman–Crippen MR) is 59.9 cm³/mol. The van der Waals surface area contributed by atoms with Crippen LogP contribution in [0.5, 0.6) is 0 Å². The van der Waals surface area contributed by atoms with E-state index < -0.39 is 0 Å². The Balaban J connectivity index is 2.45. The maximum atomic E-state index is 10.0. The molecule has 1 aliphatic rings. The van der Waals surface area contributed by atoms with Crippen molar-refractivity contribution in [3.63, 3.8) is 0 Å². The summed E-state index contributed by atoms with van der Waals surface area (Å²) in [6.45, 7) is 6.65. The van der Waals surface area contributed by atoms with E-state index in [9.17, 15) is 5.11 Å². The number of rotatable bonds is 3. The molecule has 1 saturated carbocycles. The van der Waals surface area contributed by atoms with Crippen molar-refractivity contribution in [1.82, 2.24) is 0 Å². The van der Waals surface area contributed by atoms with Gasteiger partial charge in [-0.05, 0) is 37.0 Å². The molecule has 1 fully saturated rings. The second kappa shape index (κ2) is 5.13. The number of hydrogen-bond acceptors (Lipinski definition) is 2. The molecule has 0 aromatic heterocycles. The molecule has 3 N–H and O–H groups in total. The van der Waals surface area contributed by atoms with Crippen molar-refractivity contribution in [1.29, 1.82) is 0 Å². The SMILES string of the molecule is CC[C@@H](N)C(O)C1CCC(C)C(C)C1. The average Bonchev–Trinajstić information content (AvgIpc) is 2.20. The van der Waals surface area contributed by atoms with Gasteiger partial charge in [-0.15, -0.1) is 0 Å². The molecule has 2 heteroatoms. The summed E-state index contributed by atoms with van der Waals surface area (Å²) >= 11 is 0. The quantitative estimate of drug-likeness (QED) is 0.731. The van der Waals surface area contributed by atoms with Gasteiger partial charge in [0.1, 0.15) is 0 Å². The monoisotopic (exact) mass is 199 g/mol. The Kier molecular flexibility index (Phi) is 4.39. The molecule has 0 saturated heterocycles. The van der Waals surface area contributed by atoms with Crippen LogP contribution in [0.15, 0.2) is 0 Å². The van der Waals surface area contributed by atoms with Gasteiger partial charge < -0.3 is 10.8 Å². The molecule has 2 nitrogen and oxygen atoms in total. The van der Waals surface area contributed by atoms with E-state index in [4.69, 9.17) is 5.73 Å². The smallest absolute Gasteiger partial charge is 0.0719 e. The zero-order valence-electron chi connectivity index (χ0n) is 9.74. The fourth-order valence-corrected chi connectivity index (χ4v) is 2.49. The fourth-order valence-electron chi connectivity index (χ4n) is 2.49. The van der Waals surface area contributed by atoms with Crippen LogP contribution in [0.2, 0.25) is 0 Å². The standard InChI is InChI=1S/C12H25NO/c1-4-11(13)12(14)10-6-5-8(2)9(3)7-10/h8-12,14H,4-7,13H2,1-3H3/t8?,9?,10?,11-,12?/m1/s1. The van der Waals surface area contributed by atoms with Gasteiger partial charge in [-0.1, -0.05) is 27.2 Å². The zero-order valence-corrected chi connectivity index (χ0v) is 9.74. The van der Waals surface area contributed by atoms with E-state index in [0.717, 1.165) is 31.1 Å². The van der Waals surface area contributed by atoms with Crippen LogP contribution < -0.4 is 5.73 Å². The minimum absolute atomic E-state index is 0.0272. The average molecular weight is 199 g/mol. The van der Waals surface area contributed by atoms with E-state index in [1.54, 1.807) is 0 Å². The second-order valence-corrected chi connectivity index (χ2v) is 5.09. The largest absolute Gasteiger partial charge is 0.391 e. The van der Waals surface area contributed by atoms with Crippen LogP contribution in [-0.2, 0) is 0 Å². The first-order valence-electron chi connectivity index (χ1n) is 5.99. The molecule has 0 amide bonds. The first-order chi connectivity index (χ1) is 6.56. The summed E-state index contributed by atoms with van der Waals surface area (Å²) in [4.78, 5) is 0. The van der Waals surface area contributed by atoms with E-state index in [1.807, 2.05) is 6.92 Å². The molecule has 4 unspecified atom stereocenters. The van der Waals surface area contributed by atoms with Gasteiger partial charge in [0.15, 0.2) is 0 Å². The minimum Gasteiger partial charge on any atom is -0.391 e. The summed E-state index contributed by atoms with van der Waals surface area (Å²) in [5.74, 6) is 2.00. The van der Waals surface area contributed by atoms with Gasteiger partial charge in [-0.25, -0.2) is 0 Å². The molecule has 0 bridgehead atoms. The van der Waals surface area contributed by atoms with Crippen molar-refractivity contribution in [2.45, 2.75) is 58.6 Å². The van der Waals surface area contributed by atoms with E-state index in [1.165, 1.54) is 6.42 Å². The number of nitrogens with two attached hydrogens (primary N) is 1. The Morgan fingerprint density at radius 2 is 1.93 bits per heavy atom. The summed E-state index contributed by atoms with van der Waals surface area (Å²) in [6, 6.07) is -0.0272. The van der Waals surface area contributed by atoms with E-state index in [2.05, 4.69) is 13.8 Å². The molecular formula is C12H25NO. The lowest BCUT2D eigenvalue weighted by Gasteiger charge is -2.36. The van der Waals surface area contributed by atoms with Crippen LogP contribution in [-0.4, -0.2) is 17.3 Å². The summed E-state index contributed by atoms with van der Waals surface area (Å²) in [7, 11) is 0. The lowest BCUT2D eigenvalue weighted by molar-refractivity contribution is 0.0376. The molecule has 1 aliphatic carbocycles. The predicted octanol–water partition coefficient (Wildman–Crippen LogP) is 2.16. The maximum Gasteiger partial charge on any atom is 0.0719 e. The maximum absolute atomic E-state index is 10.0. The van der Waals surface area contributed by atoms with Gasteiger partial charge in [0.2, 0.25) is 0 Å². The van der Waals surface area contributed by atoms with Crippen LogP contribution in [0.3, 0.4) is 0 Å². The highest BCUT2D eigenvalue weighted by atomic mass is 16.3. The van der Waals surface area contributed by atoms with Gasteiger partial charge in [0.25, 0.3) is 0 Å². The molecule has 84 valence electrons. The molecule has 1 rings (SSSR count). The highest BCUT2D eigenvalue weighted by Gasteiger charge is 2.31. The third-order valence-electron chi connectivity index (χ3n) is 4.03. The Bertz CT molecular complexity index is 172. The third-order valence-corrected chi connectivity index (χ3v) is 4.03. The first-order valence-corrected chi connectivity index (χ1v) is 5.99. The molecule has 0 aromatic rings. The highest BCUT2D eigenvalue weighted by molar-refractivity contribution is 4.84. The van der Waals surface area contributed by atoms with Crippen LogP contribution in [0, 0.1) is 17.8 Å². The third kappa shape index (κ3) is 2.71. The summed E-state index contributed by atoms with van der Waals surface area (Å²) in [5, 5.41) is 10.0. The van der Waals surface area contributed by atoms with Crippen molar-refractivity contribution in [3.05, 3.63) is 0 Å². The molecule has 0 spiro atoms. The Hall–Kier alpha value is -0.0800. The number of aliphatic hydroxyl groups excluding tert-OH is 1.